The summed E-state index contributed by atoms with van der Waals surface area (Å²) in [6, 6.07) is 29.9. The molecule has 4 N–H and O–H groups in total. The zero-order chi connectivity index (χ0) is 27.6. The summed E-state index contributed by atoms with van der Waals surface area (Å²) >= 11 is 0. The molecule has 5 aromatic carbocycles. The third kappa shape index (κ3) is 5.49. The molecule has 0 aliphatic carbocycles. The molecule has 8 nitrogen and oxygen atoms in total. The lowest BCUT2D eigenvalue weighted by Gasteiger charge is -2.15. The van der Waals surface area contributed by atoms with Crippen LogP contribution >= 0.6 is 0 Å². The van der Waals surface area contributed by atoms with Gasteiger partial charge in [-0.05, 0) is 53.4 Å². The normalized spacial score (nSPS) is 11.2. The highest BCUT2D eigenvalue weighted by atomic mass is 32.2. The molecule has 9 heteroatoms. The lowest BCUT2D eigenvalue weighted by atomic mass is 10.0. The fraction of sp³-hybridized carbons (Fsp3) is 0. The summed E-state index contributed by atoms with van der Waals surface area (Å²) in [5.41, 5.74) is 1.82. The Hall–Kier alpha value is -4.99. The molecule has 0 saturated carbocycles. The summed E-state index contributed by atoms with van der Waals surface area (Å²) < 4.78 is 30.1. The van der Waals surface area contributed by atoms with Gasteiger partial charge in [0.25, 0.3) is 5.91 Å². The third-order valence-corrected chi connectivity index (χ3v) is 7.05. The number of nitrogens with one attached hydrogen (secondary N) is 1. The van der Waals surface area contributed by atoms with E-state index in [9.17, 15) is 23.1 Å². The highest BCUT2D eigenvalue weighted by Gasteiger charge is 2.17. The topological polar surface area (TPSA) is 136 Å². The number of rotatable bonds is 7. The molecule has 5 aromatic rings. The molecule has 0 aliphatic rings. The number of fused-ring (bicyclic) bond motifs is 1. The first-order chi connectivity index (χ1) is 18.7. The molecule has 5 rings (SSSR count). The van der Waals surface area contributed by atoms with E-state index in [0.29, 0.717) is 39.3 Å². The third-order valence-electron chi connectivity index (χ3n) is 6.08. The van der Waals surface area contributed by atoms with Crippen LogP contribution in [0.25, 0.3) is 21.9 Å². The molecule has 0 unspecified atom stereocenters. The summed E-state index contributed by atoms with van der Waals surface area (Å²) in [5, 5.41) is 19.1. The number of ether oxygens (including phenoxy) is 1. The molecule has 1 amide bonds. The van der Waals surface area contributed by atoms with E-state index in [4.69, 9.17) is 9.88 Å². The summed E-state index contributed by atoms with van der Waals surface area (Å²) in [7, 11) is -3.93. The Labute approximate surface area is 224 Å². The van der Waals surface area contributed by atoms with Crippen molar-refractivity contribution in [2.24, 2.45) is 5.14 Å². The predicted molar refractivity (Wildman–Crippen MR) is 149 cm³/mol. The Balaban J connectivity index is 1.42. The largest absolute Gasteiger partial charge is 0.478 e. The molecule has 0 bridgehead atoms. The summed E-state index contributed by atoms with van der Waals surface area (Å²) in [6.07, 6.45) is 0. The van der Waals surface area contributed by atoms with Crippen molar-refractivity contribution >= 4 is 38.4 Å². The fourth-order valence-electron chi connectivity index (χ4n) is 4.21. The van der Waals surface area contributed by atoms with Gasteiger partial charge in [0.2, 0.25) is 10.0 Å². The van der Waals surface area contributed by atoms with Gasteiger partial charge in [-0.2, -0.15) is 0 Å². The number of benzene rings is 5. The lowest BCUT2D eigenvalue weighted by molar-refractivity contribution is 0.0696. The number of anilines is 1. The van der Waals surface area contributed by atoms with Crippen LogP contribution < -0.4 is 15.2 Å². The summed E-state index contributed by atoms with van der Waals surface area (Å²) in [6.45, 7) is 0. The van der Waals surface area contributed by atoms with Crippen molar-refractivity contribution in [1.82, 2.24) is 0 Å². The van der Waals surface area contributed by atoms with E-state index in [1.807, 2.05) is 18.2 Å². The molecule has 0 aromatic heterocycles. The highest BCUT2D eigenvalue weighted by molar-refractivity contribution is 7.89. The monoisotopic (exact) mass is 538 g/mol. The number of hydrogen-bond donors (Lipinski definition) is 3. The van der Waals surface area contributed by atoms with E-state index >= 15 is 0 Å². The molecular formula is C30H22N2O6S. The van der Waals surface area contributed by atoms with Crippen LogP contribution in [0.2, 0.25) is 0 Å². The SMILES string of the molecule is NS(=O)(=O)c1ccccc1-c1ccc(C(=O)Nc2ccccc2Oc2cc(C(=O)O)cc3ccccc23)cc1. The van der Waals surface area contributed by atoms with Gasteiger partial charge < -0.3 is 15.2 Å². The minimum absolute atomic E-state index is 0.00670. The smallest absolute Gasteiger partial charge is 0.335 e. The number of carboxylic acid groups (broad SMARTS) is 1. The van der Waals surface area contributed by atoms with E-state index < -0.39 is 21.9 Å². The summed E-state index contributed by atoms with van der Waals surface area (Å²) in [5.74, 6) is -0.828. The number of amides is 1. The first-order valence-corrected chi connectivity index (χ1v) is 13.3. The lowest BCUT2D eigenvalue weighted by Crippen LogP contribution is -2.13. The fourth-order valence-corrected chi connectivity index (χ4v) is 4.97. The van der Waals surface area contributed by atoms with Gasteiger partial charge in [0.15, 0.2) is 5.75 Å². The number of carboxylic acids is 1. The highest BCUT2D eigenvalue weighted by Crippen LogP contribution is 2.35. The molecule has 0 heterocycles. The average Bonchev–Trinajstić information content (AvgIpc) is 2.93. The zero-order valence-electron chi connectivity index (χ0n) is 20.4. The van der Waals surface area contributed by atoms with Gasteiger partial charge in [0.05, 0.1) is 16.1 Å². The van der Waals surface area contributed by atoms with Crippen molar-refractivity contribution in [3.8, 4) is 22.6 Å². The molecule has 0 fully saturated rings. The van der Waals surface area contributed by atoms with Crippen LogP contribution in [-0.4, -0.2) is 25.4 Å². The van der Waals surface area contributed by atoms with E-state index in [0.717, 1.165) is 5.39 Å². The Morgan fingerprint density at radius 1 is 0.744 bits per heavy atom. The minimum Gasteiger partial charge on any atom is -0.478 e. The second kappa shape index (κ2) is 10.4. The number of carbonyl (C=O) groups is 2. The van der Waals surface area contributed by atoms with E-state index in [1.54, 1.807) is 78.9 Å². The van der Waals surface area contributed by atoms with Crippen molar-refractivity contribution in [1.29, 1.82) is 0 Å². The van der Waals surface area contributed by atoms with Crippen molar-refractivity contribution in [2.75, 3.05) is 5.32 Å². The molecular weight excluding hydrogens is 516 g/mol. The van der Waals surface area contributed by atoms with Crippen molar-refractivity contribution in [3.63, 3.8) is 0 Å². The standard InChI is InChI=1S/C30H22N2O6S/c31-39(36,37)28-12-6-3-9-24(28)19-13-15-20(16-14-19)29(33)32-25-10-4-5-11-26(25)38-27-18-22(30(34)35)17-21-7-1-2-8-23(21)27/h1-18H,(H,32,33)(H,34,35)(H2,31,36,37). The number of carbonyl (C=O) groups excluding carboxylic acids is 1. The molecule has 0 aliphatic heterocycles. The number of hydrogen-bond acceptors (Lipinski definition) is 5. The zero-order valence-corrected chi connectivity index (χ0v) is 21.2. The molecule has 39 heavy (non-hydrogen) atoms. The Morgan fingerprint density at radius 2 is 1.41 bits per heavy atom. The van der Waals surface area contributed by atoms with Crippen molar-refractivity contribution < 1.29 is 27.9 Å². The maximum absolute atomic E-state index is 13.1. The van der Waals surface area contributed by atoms with Crippen LogP contribution in [-0.2, 0) is 10.0 Å². The van der Waals surface area contributed by atoms with Gasteiger partial charge in [-0.15, -0.1) is 0 Å². The van der Waals surface area contributed by atoms with Crippen molar-refractivity contribution in [2.45, 2.75) is 4.90 Å². The molecule has 0 atom stereocenters. The average molecular weight is 539 g/mol. The first-order valence-electron chi connectivity index (χ1n) is 11.8. The predicted octanol–water partition coefficient (Wildman–Crippen LogP) is 5.90. The Morgan fingerprint density at radius 3 is 2.15 bits per heavy atom. The van der Waals surface area contributed by atoms with E-state index in [-0.39, 0.29) is 10.5 Å². The van der Waals surface area contributed by atoms with E-state index in [2.05, 4.69) is 5.32 Å². The number of aromatic carboxylic acids is 1. The quantitative estimate of drug-likeness (QED) is 0.236. The maximum Gasteiger partial charge on any atom is 0.335 e. The second-order valence-electron chi connectivity index (χ2n) is 8.67. The van der Waals surface area contributed by atoms with Crippen LogP contribution in [0, 0.1) is 0 Å². The Kier molecular flexibility index (Phi) is 6.84. The first kappa shape index (κ1) is 25.7. The van der Waals surface area contributed by atoms with Gasteiger partial charge in [0.1, 0.15) is 5.75 Å². The molecule has 0 saturated heterocycles. The minimum atomic E-state index is -3.93. The van der Waals surface area contributed by atoms with Gasteiger partial charge in [-0.1, -0.05) is 66.7 Å². The molecule has 0 radical (unpaired) electrons. The number of nitrogens with two attached hydrogens (primary N) is 1. The molecule has 0 spiro atoms. The van der Waals surface area contributed by atoms with Crippen LogP contribution in [0.15, 0.2) is 114 Å². The van der Waals surface area contributed by atoms with E-state index in [1.165, 1.54) is 12.1 Å². The van der Waals surface area contributed by atoms with Crippen LogP contribution in [0.4, 0.5) is 5.69 Å². The van der Waals surface area contributed by atoms with Crippen LogP contribution in [0.5, 0.6) is 11.5 Å². The maximum atomic E-state index is 13.1. The number of primary sulfonamides is 1. The van der Waals surface area contributed by atoms with Gasteiger partial charge >= 0.3 is 5.97 Å². The van der Waals surface area contributed by atoms with Crippen LogP contribution in [0.1, 0.15) is 20.7 Å². The molecule has 194 valence electrons. The van der Waals surface area contributed by atoms with Gasteiger partial charge in [-0.3, -0.25) is 4.79 Å². The number of sulfonamides is 1. The second-order valence-corrected chi connectivity index (χ2v) is 10.2. The van der Waals surface area contributed by atoms with Crippen LogP contribution in [0.3, 0.4) is 0 Å². The van der Waals surface area contributed by atoms with Gasteiger partial charge in [0, 0.05) is 16.5 Å². The number of para-hydroxylation sites is 2. The van der Waals surface area contributed by atoms with Crippen molar-refractivity contribution in [3.05, 3.63) is 120 Å². The Bertz CT molecular complexity index is 1830. The summed E-state index contributed by atoms with van der Waals surface area (Å²) in [4.78, 5) is 24.7. The van der Waals surface area contributed by atoms with Gasteiger partial charge in [-0.25, -0.2) is 18.4 Å².